The highest BCUT2D eigenvalue weighted by molar-refractivity contribution is 6.30. The summed E-state index contributed by atoms with van der Waals surface area (Å²) in [6.07, 6.45) is 0. The number of carbonyl (C=O) groups is 2. The van der Waals surface area contributed by atoms with Gasteiger partial charge in [-0.05, 0) is 54.6 Å². The van der Waals surface area contributed by atoms with Gasteiger partial charge in [-0.3, -0.25) is 4.79 Å². The van der Waals surface area contributed by atoms with Gasteiger partial charge in [0, 0.05) is 22.1 Å². The van der Waals surface area contributed by atoms with Gasteiger partial charge in [-0.1, -0.05) is 35.9 Å². The summed E-state index contributed by atoms with van der Waals surface area (Å²) in [7, 11) is 0. The van der Waals surface area contributed by atoms with Gasteiger partial charge in [-0.2, -0.15) is 0 Å². The third-order valence-corrected chi connectivity index (χ3v) is 3.87. The van der Waals surface area contributed by atoms with Gasteiger partial charge in [0.2, 0.25) is 0 Å². The van der Waals surface area contributed by atoms with Crippen molar-refractivity contribution in [1.29, 1.82) is 0 Å². The summed E-state index contributed by atoms with van der Waals surface area (Å²) in [6.45, 7) is -0.112. The number of nitrogens with one attached hydrogen (secondary N) is 3. The van der Waals surface area contributed by atoms with E-state index in [4.69, 9.17) is 16.3 Å². The van der Waals surface area contributed by atoms with Crippen molar-refractivity contribution in [3.05, 3.63) is 83.9 Å². The van der Waals surface area contributed by atoms with Gasteiger partial charge >= 0.3 is 6.03 Å². The van der Waals surface area contributed by atoms with E-state index in [0.29, 0.717) is 27.8 Å². The van der Waals surface area contributed by atoms with Crippen LogP contribution in [0.2, 0.25) is 5.02 Å². The Morgan fingerprint density at radius 3 is 2.11 bits per heavy atom. The Hall–Kier alpha value is -3.51. The number of amides is 3. The van der Waals surface area contributed by atoms with Gasteiger partial charge in [0.25, 0.3) is 5.91 Å². The maximum Gasteiger partial charge on any atom is 0.323 e. The van der Waals surface area contributed by atoms with E-state index in [0.717, 1.165) is 0 Å². The smallest absolute Gasteiger partial charge is 0.323 e. The van der Waals surface area contributed by atoms with Gasteiger partial charge in [0.05, 0.1) is 0 Å². The molecule has 3 aromatic carbocycles. The number of halogens is 1. The maximum atomic E-state index is 12.1. The molecule has 3 N–H and O–H groups in total. The predicted molar refractivity (Wildman–Crippen MR) is 111 cm³/mol. The number of carbonyl (C=O) groups excluding carboxylic acids is 2. The monoisotopic (exact) mass is 395 g/mol. The molecule has 7 heteroatoms. The van der Waals surface area contributed by atoms with Gasteiger partial charge in [0.15, 0.2) is 6.61 Å². The summed E-state index contributed by atoms with van der Waals surface area (Å²) in [6, 6.07) is 22.3. The molecule has 0 aliphatic carbocycles. The molecule has 0 saturated heterocycles. The van der Waals surface area contributed by atoms with Gasteiger partial charge in [-0.15, -0.1) is 0 Å². The number of ether oxygens (including phenoxy) is 1. The first-order valence-electron chi connectivity index (χ1n) is 8.50. The first-order chi connectivity index (χ1) is 13.6. The van der Waals surface area contributed by atoms with Crippen molar-refractivity contribution in [2.75, 3.05) is 22.6 Å². The largest absolute Gasteiger partial charge is 0.484 e. The fraction of sp³-hybridized carbons (Fsp3) is 0.0476. The summed E-state index contributed by atoms with van der Waals surface area (Å²) in [5.41, 5.74) is 1.70. The second kappa shape index (κ2) is 9.43. The standard InChI is InChI=1S/C21H18ClN3O3/c22-15-9-11-16(12-10-15)24-21(27)25-18-6-4-5-17(13-18)23-20(26)14-28-19-7-2-1-3-8-19/h1-13H,14H2,(H,23,26)(H2,24,25,27). The van der Waals surface area contributed by atoms with Crippen LogP contribution < -0.4 is 20.7 Å². The molecule has 28 heavy (non-hydrogen) atoms. The second-order valence-corrected chi connectivity index (χ2v) is 6.25. The van der Waals surface area contributed by atoms with Crippen molar-refractivity contribution in [3.63, 3.8) is 0 Å². The lowest BCUT2D eigenvalue weighted by molar-refractivity contribution is -0.118. The average Bonchev–Trinajstić information content (AvgIpc) is 2.69. The number of hydrogen-bond donors (Lipinski definition) is 3. The summed E-state index contributed by atoms with van der Waals surface area (Å²) < 4.78 is 5.41. The molecule has 0 spiro atoms. The molecule has 0 atom stereocenters. The van der Waals surface area contributed by atoms with E-state index in [9.17, 15) is 9.59 Å². The van der Waals surface area contributed by atoms with Crippen LogP contribution in [0.25, 0.3) is 0 Å². The van der Waals surface area contributed by atoms with Gasteiger partial charge < -0.3 is 20.7 Å². The van der Waals surface area contributed by atoms with Crippen molar-refractivity contribution in [3.8, 4) is 5.75 Å². The lowest BCUT2D eigenvalue weighted by Gasteiger charge is -2.10. The third kappa shape index (κ3) is 6.03. The average molecular weight is 396 g/mol. The molecule has 0 fully saturated rings. The van der Waals surface area contributed by atoms with Crippen LogP contribution in [-0.4, -0.2) is 18.5 Å². The van der Waals surface area contributed by atoms with Crippen molar-refractivity contribution in [2.24, 2.45) is 0 Å². The highest BCUT2D eigenvalue weighted by Crippen LogP contribution is 2.17. The minimum absolute atomic E-state index is 0.112. The molecule has 0 saturated carbocycles. The molecule has 0 aliphatic rings. The van der Waals surface area contributed by atoms with Crippen molar-refractivity contribution < 1.29 is 14.3 Å². The van der Waals surface area contributed by atoms with Crippen LogP contribution in [-0.2, 0) is 4.79 Å². The van der Waals surface area contributed by atoms with E-state index >= 15 is 0 Å². The number of benzene rings is 3. The zero-order valence-corrected chi connectivity index (χ0v) is 15.6. The van der Waals surface area contributed by atoms with E-state index in [1.165, 1.54) is 0 Å². The van der Waals surface area contributed by atoms with Crippen LogP contribution in [0, 0.1) is 0 Å². The van der Waals surface area contributed by atoms with E-state index in [2.05, 4.69) is 16.0 Å². The molecule has 0 radical (unpaired) electrons. The second-order valence-electron chi connectivity index (χ2n) is 5.82. The Kier molecular flexibility index (Phi) is 6.49. The third-order valence-electron chi connectivity index (χ3n) is 3.62. The summed E-state index contributed by atoms with van der Waals surface area (Å²) in [4.78, 5) is 24.1. The van der Waals surface area contributed by atoms with Crippen LogP contribution in [0.1, 0.15) is 0 Å². The van der Waals surface area contributed by atoms with Gasteiger partial charge in [0.1, 0.15) is 5.75 Å². The highest BCUT2D eigenvalue weighted by Gasteiger charge is 2.06. The Balaban J connectivity index is 1.52. The SMILES string of the molecule is O=C(COc1ccccc1)Nc1cccc(NC(=O)Nc2ccc(Cl)cc2)c1. The van der Waals surface area contributed by atoms with Crippen LogP contribution in [0.4, 0.5) is 21.9 Å². The summed E-state index contributed by atoms with van der Waals surface area (Å²) in [5, 5.41) is 8.73. The Bertz CT molecular complexity index is 947. The Morgan fingerprint density at radius 2 is 1.39 bits per heavy atom. The molecule has 0 aromatic heterocycles. The van der Waals surface area contributed by atoms with Crippen LogP contribution in [0.3, 0.4) is 0 Å². The number of urea groups is 1. The molecule has 3 rings (SSSR count). The molecule has 0 bridgehead atoms. The normalized spacial score (nSPS) is 10.0. The van der Waals surface area contributed by atoms with E-state index in [1.807, 2.05) is 18.2 Å². The lowest BCUT2D eigenvalue weighted by Crippen LogP contribution is -2.21. The Labute approximate surface area is 167 Å². The number of para-hydroxylation sites is 1. The minimum Gasteiger partial charge on any atom is -0.484 e. The minimum atomic E-state index is -0.404. The van der Waals surface area contributed by atoms with Crippen LogP contribution >= 0.6 is 11.6 Å². The molecule has 3 aromatic rings. The molecular formula is C21H18ClN3O3. The van der Waals surface area contributed by atoms with Gasteiger partial charge in [-0.25, -0.2) is 4.79 Å². The van der Waals surface area contributed by atoms with Crippen molar-refractivity contribution in [2.45, 2.75) is 0 Å². The molecule has 0 heterocycles. The van der Waals surface area contributed by atoms with E-state index in [-0.39, 0.29) is 12.5 Å². The number of anilines is 3. The fourth-order valence-corrected chi connectivity index (χ4v) is 2.49. The first-order valence-corrected chi connectivity index (χ1v) is 8.87. The maximum absolute atomic E-state index is 12.1. The van der Waals surface area contributed by atoms with Crippen LogP contribution in [0.5, 0.6) is 5.75 Å². The number of rotatable bonds is 6. The fourth-order valence-electron chi connectivity index (χ4n) is 2.36. The molecule has 0 unspecified atom stereocenters. The van der Waals surface area contributed by atoms with Crippen molar-refractivity contribution >= 4 is 40.6 Å². The molecule has 142 valence electrons. The van der Waals surface area contributed by atoms with Crippen molar-refractivity contribution in [1.82, 2.24) is 0 Å². The van der Waals surface area contributed by atoms with E-state index < -0.39 is 6.03 Å². The topological polar surface area (TPSA) is 79.5 Å². The molecule has 3 amide bonds. The lowest BCUT2D eigenvalue weighted by atomic mass is 10.2. The molecule has 0 aliphatic heterocycles. The van der Waals surface area contributed by atoms with Crippen LogP contribution in [0.15, 0.2) is 78.9 Å². The number of hydrogen-bond acceptors (Lipinski definition) is 3. The molecular weight excluding hydrogens is 378 g/mol. The highest BCUT2D eigenvalue weighted by atomic mass is 35.5. The van der Waals surface area contributed by atoms with E-state index in [1.54, 1.807) is 60.7 Å². The Morgan fingerprint density at radius 1 is 0.750 bits per heavy atom. The zero-order chi connectivity index (χ0) is 19.8. The predicted octanol–water partition coefficient (Wildman–Crippen LogP) is 5.00. The summed E-state index contributed by atoms with van der Waals surface area (Å²) >= 11 is 5.82. The summed E-state index contributed by atoms with van der Waals surface area (Å²) in [5.74, 6) is 0.318. The molecule has 6 nitrogen and oxygen atoms in total. The first kappa shape index (κ1) is 19.3. The quantitative estimate of drug-likeness (QED) is 0.549. The zero-order valence-electron chi connectivity index (χ0n) is 14.8.